The van der Waals surface area contributed by atoms with Gasteiger partial charge in [0.2, 0.25) is 5.91 Å². The molecule has 0 bridgehead atoms. The molecule has 4 rings (SSSR count). The Morgan fingerprint density at radius 3 is 2.63 bits per heavy atom. The molecule has 0 N–H and O–H groups in total. The molecule has 2 aliphatic rings. The van der Waals surface area contributed by atoms with Crippen molar-refractivity contribution < 1.29 is 13.2 Å². The van der Waals surface area contributed by atoms with Crippen LogP contribution < -0.4 is 4.90 Å². The van der Waals surface area contributed by atoms with E-state index in [0.29, 0.717) is 19.4 Å². The van der Waals surface area contributed by atoms with Gasteiger partial charge in [0.15, 0.2) is 0 Å². The van der Waals surface area contributed by atoms with Gasteiger partial charge in [-0.3, -0.25) is 9.78 Å². The lowest BCUT2D eigenvalue weighted by atomic mass is 9.98. The van der Waals surface area contributed by atoms with Crippen molar-refractivity contribution in [3.63, 3.8) is 0 Å². The molecule has 1 atom stereocenters. The maximum absolute atomic E-state index is 13.2. The summed E-state index contributed by atoms with van der Waals surface area (Å²) in [5, 5.41) is 2.04. The summed E-state index contributed by atoms with van der Waals surface area (Å²) >= 11 is 1.66. The zero-order valence-electron chi connectivity index (χ0n) is 15.0. The number of anilines is 1. The number of amides is 1. The largest absolute Gasteiger partial charge is 0.366 e. The lowest BCUT2D eigenvalue weighted by Crippen LogP contribution is -2.52. The number of carbonyl (C=O) groups excluding carboxylic acids is 1. The highest BCUT2D eigenvalue weighted by Gasteiger charge is 2.37. The van der Waals surface area contributed by atoms with Gasteiger partial charge >= 0.3 is 0 Å². The number of aromatic nitrogens is 1. The average molecular weight is 406 g/mol. The quantitative estimate of drug-likeness (QED) is 0.784. The highest BCUT2D eigenvalue weighted by atomic mass is 32.2. The number of carbonyl (C=O) groups is 1. The van der Waals surface area contributed by atoms with E-state index >= 15 is 0 Å². The van der Waals surface area contributed by atoms with Gasteiger partial charge in [0.05, 0.1) is 29.4 Å². The molecule has 1 unspecified atom stereocenters. The van der Waals surface area contributed by atoms with Crippen LogP contribution in [0.4, 0.5) is 5.69 Å². The van der Waals surface area contributed by atoms with Gasteiger partial charge in [-0.05, 0) is 36.4 Å². The Morgan fingerprint density at radius 2 is 1.96 bits per heavy atom. The van der Waals surface area contributed by atoms with Crippen molar-refractivity contribution in [1.29, 1.82) is 0 Å². The Hall–Kier alpha value is -1.93. The minimum Gasteiger partial charge on any atom is -0.366 e. The van der Waals surface area contributed by atoms with Gasteiger partial charge in [-0.25, -0.2) is 8.42 Å². The fourth-order valence-electron chi connectivity index (χ4n) is 3.92. The van der Waals surface area contributed by atoms with Gasteiger partial charge in [-0.1, -0.05) is 6.07 Å². The standard InChI is InChI=1S/C19H23N3O3S2/c23-19(15-5-11-27(24,25)12-6-15)22-9-8-21(16-3-1-7-20-13-16)14-17(22)18-4-2-10-26-18/h1-4,7,10,13,15,17H,5-6,8-9,11-12,14H2. The van der Waals surface area contributed by atoms with Crippen LogP contribution in [0.2, 0.25) is 0 Å². The Labute approximate surface area is 163 Å². The maximum Gasteiger partial charge on any atom is 0.226 e. The number of hydrogen-bond acceptors (Lipinski definition) is 6. The number of rotatable bonds is 3. The van der Waals surface area contributed by atoms with Crippen LogP contribution in [0.3, 0.4) is 0 Å². The summed E-state index contributed by atoms with van der Waals surface area (Å²) in [5.41, 5.74) is 1.06. The molecule has 6 nitrogen and oxygen atoms in total. The average Bonchev–Trinajstić information content (AvgIpc) is 3.22. The normalized spacial score (nSPS) is 23.3. The molecule has 2 saturated heterocycles. The van der Waals surface area contributed by atoms with Crippen LogP contribution in [0.15, 0.2) is 42.0 Å². The van der Waals surface area contributed by atoms with Crippen molar-refractivity contribution in [3.8, 4) is 0 Å². The molecule has 1 amide bonds. The van der Waals surface area contributed by atoms with Gasteiger partial charge in [-0.2, -0.15) is 0 Å². The summed E-state index contributed by atoms with van der Waals surface area (Å²) in [7, 11) is -2.97. The van der Waals surface area contributed by atoms with E-state index in [1.54, 1.807) is 17.5 Å². The first-order chi connectivity index (χ1) is 13.0. The number of piperazine rings is 1. The highest BCUT2D eigenvalue weighted by molar-refractivity contribution is 7.91. The summed E-state index contributed by atoms with van der Waals surface area (Å²) in [6.07, 6.45) is 4.51. The van der Waals surface area contributed by atoms with Crippen LogP contribution in [0, 0.1) is 5.92 Å². The number of sulfone groups is 1. The monoisotopic (exact) mass is 405 g/mol. The molecule has 144 valence electrons. The predicted molar refractivity (Wildman–Crippen MR) is 107 cm³/mol. The van der Waals surface area contributed by atoms with E-state index in [0.717, 1.165) is 18.8 Å². The Kier molecular flexibility index (Phi) is 5.19. The molecule has 2 aromatic heterocycles. The predicted octanol–water partition coefficient (Wildman–Crippen LogP) is 2.36. The number of pyridine rings is 1. The van der Waals surface area contributed by atoms with Gasteiger partial charge < -0.3 is 9.80 Å². The Morgan fingerprint density at radius 1 is 1.15 bits per heavy atom. The molecule has 0 spiro atoms. The number of thiophene rings is 1. The molecule has 0 aliphatic carbocycles. The summed E-state index contributed by atoms with van der Waals surface area (Å²) in [6, 6.07) is 8.05. The molecule has 4 heterocycles. The lowest BCUT2D eigenvalue weighted by Gasteiger charge is -2.43. The molecule has 0 saturated carbocycles. The minimum atomic E-state index is -2.97. The van der Waals surface area contributed by atoms with Gasteiger partial charge in [0.1, 0.15) is 9.84 Å². The zero-order valence-corrected chi connectivity index (χ0v) is 16.7. The van der Waals surface area contributed by atoms with E-state index in [2.05, 4.69) is 16.0 Å². The van der Waals surface area contributed by atoms with Crippen molar-refractivity contribution in [3.05, 3.63) is 46.9 Å². The molecule has 2 fully saturated rings. The third-order valence-electron chi connectivity index (χ3n) is 5.45. The zero-order chi connectivity index (χ0) is 18.9. The van der Waals surface area contributed by atoms with Crippen LogP contribution in [-0.4, -0.2) is 55.3 Å². The van der Waals surface area contributed by atoms with Crippen LogP contribution in [0.1, 0.15) is 23.8 Å². The lowest BCUT2D eigenvalue weighted by molar-refractivity contribution is -0.138. The second-order valence-electron chi connectivity index (χ2n) is 7.15. The fourth-order valence-corrected chi connectivity index (χ4v) is 6.24. The highest BCUT2D eigenvalue weighted by Crippen LogP contribution is 2.33. The first kappa shape index (κ1) is 18.4. The molecule has 2 aliphatic heterocycles. The van der Waals surface area contributed by atoms with Crippen molar-refractivity contribution in [2.24, 2.45) is 5.92 Å². The molecule has 27 heavy (non-hydrogen) atoms. The van der Waals surface area contributed by atoms with Gasteiger partial charge in [0, 0.05) is 36.6 Å². The van der Waals surface area contributed by atoms with Crippen molar-refractivity contribution in [2.75, 3.05) is 36.0 Å². The van der Waals surface area contributed by atoms with Crippen molar-refractivity contribution in [2.45, 2.75) is 18.9 Å². The molecular formula is C19H23N3O3S2. The van der Waals surface area contributed by atoms with Crippen LogP contribution in [0.25, 0.3) is 0 Å². The van der Waals surface area contributed by atoms with Gasteiger partial charge in [-0.15, -0.1) is 11.3 Å². The summed E-state index contributed by atoms with van der Waals surface area (Å²) in [4.78, 5) is 22.8. The van der Waals surface area contributed by atoms with Gasteiger partial charge in [0.25, 0.3) is 0 Å². The van der Waals surface area contributed by atoms with E-state index in [4.69, 9.17) is 0 Å². The summed E-state index contributed by atoms with van der Waals surface area (Å²) in [6.45, 7) is 2.12. The summed E-state index contributed by atoms with van der Waals surface area (Å²) in [5.74, 6) is 0.181. The summed E-state index contributed by atoms with van der Waals surface area (Å²) < 4.78 is 23.4. The van der Waals surface area contributed by atoms with E-state index in [9.17, 15) is 13.2 Å². The number of nitrogens with zero attached hydrogens (tertiary/aromatic N) is 3. The van der Waals surface area contributed by atoms with Crippen LogP contribution in [-0.2, 0) is 14.6 Å². The number of hydrogen-bond donors (Lipinski definition) is 0. The third-order valence-corrected chi connectivity index (χ3v) is 8.14. The van der Waals surface area contributed by atoms with Crippen LogP contribution >= 0.6 is 11.3 Å². The smallest absolute Gasteiger partial charge is 0.226 e. The molecular weight excluding hydrogens is 382 g/mol. The first-order valence-electron chi connectivity index (χ1n) is 9.23. The Bertz CT molecular complexity index is 870. The first-order valence-corrected chi connectivity index (χ1v) is 11.9. The molecule has 0 radical (unpaired) electrons. The molecule has 2 aromatic rings. The van der Waals surface area contributed by atoms with Crippen molar-refractivity contribution >= 4 is 32.8 Å². The fraction of sp³-hybridized carbons (Fsp3) is 0.474. The van der Waals surface area contributed by atoms with E-state index < -0.39 is 9.84 Å². The molecule has 8 heteroatoms. The van der Waals surface area contributed by atoms with Crippen molar-refractivity contribution in [1.82, 2.24) is 9.88 Å². The maximum atomic E-state index is 13.2. The minimum absolute atomic E-state index is 0.00927. The molecule has 0 aromatic carbocycles. The topological polar surface area (TPSA) is 70.6 Å². The van der Waals surface area contributed by atoms with E-state index in [-0.39, 0.29) is 29.4 Å². The van der Waals surface area contributed by atoms with E-state index in [1.807, 2.05) is 34.7 Å². The second kappa shape index (κ2) is 7.59. The Balaban J connectivity index is 1.54. The SMILES string of the molecule is O=C(C1CCS(=O)(=O)CC1)N1CCN(c2cccnc2)CC1c1cccs1. The second-order valence-corrected chi connectivity index (χ2v) is 10.4. The third kappa shape index (κ3) is 4.01. The van der Waals surface area contributed by atoms with Crippen LogP contribution in [0.5, 0.6) is 0 Å². The van der Waals surface area contributed by atoms with E-state index in [1.165, 1.54) is 4.88 Å².